The van der Waals surface area contributed by atoms with Crippen LogP contribution in [-0.2, 0) is 21.4 Å². The minimum absolute atomic E-state index is 0.0134. The molecule has 0 saturated heterocycles. The summed E-state index contributed by atoms with van der Waals surface area (Å²) in [4.78, 5) is 30.9. The molecule has 0 fully saturated rings. The molecule has 2 heterocycles. The van der Waals surface area contributed by atoms with E-state index in [-0.39, 0.29) is 16.4 Å². The Kier molecular flexibility index (Phi) is 8.98. The van der Waals surface area contributed by atoms with Gasteiger partial charge in [-0.2, -0.15) is 4.72 Å². The van der Waals surface area contributed by atoms with Crippen molar-refractivity contribution in [3.8, 4) is 5.75 Å². The third-order valence-corrected chi connectivity index (χ3v) is 8.41. The third kappa shape index (κ3) is 6.50. The maximum atomic E-state index is 14.0. The van der Waals surface area contributed by atoms with Crippen molar-refractivity contribution in [1.29, 1.82) is 0 Å². The largest absolute Gasteiger partial charge is 0.493 e. The lowest BCUT2D eigenvalue weighted by atomic mass is 10.0. The normalized spacial score (nSPS) is 12.4. The van der Waals surface area contributed by atoms with Crippen LogP contribution in [0.15, 0.2) is 81.8 Å². The van der Waals surface area contributed by atoms with Crippen molar-refractivity contribution >= 4 is 38.2 Å². The summed E-state index contributed by atoms with van der Waals surface area (Å²) in [7, 11) is -4.14. The van der Waals surface area contributed by atoms with Crippen LogP contribution in [0.25, 0.3) is 10.9 Å². The molecule has 10 heteroatoms. The van der Waals surface area contributed by atoms with Gasteiger partial charge in [-0.05, 0) is 60.5 Å². The van der Waals surface area contributed by atoms with Gasteiger partial charge in [-0.25, -0.2) is 8.42 Å². The lowest BCUT2D eigenvalue weighted by Crippen LogP contribution is -2.42. The van der Waals surface area contributed by atoms with Crippen molar-refractivity contribution in [1.82, 2.24) is 14.6 Å². The molecule has 1 atom stereocenters. The van der Waals surface area contributed by atoms with E-state index in [1.807, 2.05) is 24.4 Å². The molecule has 2 aromatic heterocycles. The number of ether oxygens (including phenoxy) is 1. The van der Waals surface area contributed by atoms with E-state index in [1.54, 1.807) is 41.3 Å². The number of thiophene rings is 1. The molecule has 0 saturated carbocycles. The molecule has 4 rings (SSSR count). The zero-order valence-electron chi connectivity index (χ0n) is 21.3. The Morgan fingerprint density at radius 1 is 1.08 bits per heavy atom. The minimum Gasteiger partial charge on any atom is -0.493 e. The number of fused-ring (bicyclic) bond motifs is 1. The first kappa shape index (κ1) is 27.6. The second-order valence-electron chi connectivity index (χ2n) is 8.80. The highest BCUT2D eigenvalue weighted by molar-refractivity contribution is 7.89. The number of aromatic nitrogens is 1. The molecule has 38 heavy (non-hydrogen) atoms. The van der Waals surface area contributed by atoms with Gasteiger partial charge in [-0.3, -0.25) is 9.59 Å². The fourth-order valence-electron chi connectivity index (χ4n) is 4.07. The topological polar surface area (TPSA) is 109 Å². The Morgan fingerprint density at radius 3 is 2.63 bits per heavy atom. The van der Waals surface area contributed by atoms with E-state index in [1.165, 1.54) is 29.5 Å². The lowest BCUT2D eigenvalue weighted by Gasteiger charge is -2.28. The van der Waals surface area contributed by atoms with Gasteiger partial charge in [0.15, 0.2) is 0 Å². The number of rotatable bonds is 12. The Balaban J connectivity index is 1.73. The van der Waals surface area contributed by atoms with Gasteiger partial charge in [-0.1, -0.05) is 37.6 Å². The van der Waals surface area contributed by atoms with Crippen LogP contribution in [0, 0.1) is 0 Å². The number of benzene rings is 2. The van der Waals surface area contributed by atoms with Crippen molar-refractivity contribution in [3.05, 3.63) is 92.9 Å². The van der Waals surface area contributed by atoms with E-state index in [0.717, 1.165) is 17.7 Å². The van der Waals surface area contributed by atoms with Gasteiger partial charge < -0.3 is 14.6 Å². The number of nitrogens with one attached hydrogen (secondary N) is 2. The van der Waals surface area contributed by atoms with Gasteiger partial charge >= 0.3 is 0 Å². The number of pyridine rings is 1. The highest BCUT2D eigenvalue weighted by atomic mass is 32.2. The molecule has 0 spiro atoms. The van der Waals surface area contributed by atoms with Gasteiger partial charge in [-0.15, -0.1) is 11.3 Å². The van der Waals surface area contributed by atoms with Crippen LogP contribution in [0.5, 0.6) is 5.75 Å². The van der Waals surface area contributed by atoms with Crippen LogP contribution < -0.4 is 15.0 Å². The number of H-pyrrole nitrogens is 1. The van der Waals surface area contributed by atoms with E-state index >= 15 is 0 Å². The molecule has 0 aliphatic carbocycles. The lowest BCUT2D eigenvalue weighted by molar-refractivity contribution is -0.133. The van der Waals surface area contributed by atoms with Crippen molar-refractivity contribution < 1.29 is 17.9 Å². The van der Waals surface area contributed by atoms with Gasteiger partial charge in [0.25, 0.3) is 0 Å². The van der Waals surface area contributed by atoms with Crippen LogP contribution in [-0.4, -0.2) is 37.4 Å². The predicted octanol–water partition coefficient (Wildman–Crippen LogP) is 4.84. The highest BCUT2D eigenvalue weighted by Gasteiger charge is 2.32. The Morgan fingerprint density at radius 2 is 1.89 bits per heavy atom. The average Bonchev–Trinajstić information content (AvgIpc) is 3.43. The Bertz CT molecular complexity index is 1550. The maximum Gasteiger partial charge on any atom is 0.248 e. The summed E-state index contributed by atoms with van der Waals surface area (Å²) >= 11 is 1.54. The van der Waals surface area contributed by atoms with Crippen LogP contribution in [0.3, 0.4) is 0 Å². The number of amides is 1. The van der Waals surface area contributed by atoms with Crippen molar-refractivity contribution in [2.75, 3.05) is 13.2 Å². The van der Waals surface area contributed by atoms with E-state index in [9.17, 15) is 18.0 Å². The van der Waals surface area contributed by atoms with Crippen LogP contribution in [0.2, 0.25) is 0 Å². The number of sulfonamides is 1. The molecule has 0 aliphatic heterocycles. The zero-order valence-corrected chi connectivity index (χ0v) is 23.0. The standard InChI is InChI=1S/C28H31N3O5S2/c1-3-5-16-36-25-11-7-6-10-23(25)27(28(33)31(4-2)19-21-9-8-17-37-21)30-38(34,35)22-13-14-24-20(18-22)12-15-26(32)29-24/h6-15,17-18,27,30H,3-5,16,19H2,1-2H3,(H,29,32)/t27-/m1/s1. The number of carbonyl (C=O) groups excluding carboxylic acids is 1. The molecular weight excluding hydrogens is 522 g/mol. The summed E-state index contributed by atoms with van der Waals surface area (Å²) in [6.07, 6.45) is 1.77. The summed E-state index contributed by atoms with van der Waals surface area (Å²) in [5.74, 6) is 0.0893. The summed E-state index contributed by atoms with van der Waals surface area (Å²) in [6, 6.07) is 17.0. The molecule has 8 nitrogen and oxygen atoms in total. The first-order valence-electron chi connectivity index (χ1n) is 12.5. The number of nitrogens with zero attached hydrogens (tertiary/aromatic N) is 1. The fraction of sp³-hybridized carbons (Fsp3) is 0.286. The van der Waals surface area contributed by atoms with Crippen LogP contribution in [0.1, 0.15) is 43.2 Å². The summed E-state index contributed by atoms with van der Waals surface area (Å²) in [5, 5.41) is 2.50. The number of hydrogen-bond donors (Lipinski definition) is 2. The van der Waals surface area contributed by atoms with Gasteiger partial charge in [0.05, 0.1) is 18.0 Å². The molecule has 0 unspecified atom stereocenters. The Hall–Kier alpha value is -3.47. The number of hydrogen-bond acceptors (Lipinski definition) is 6. The van der Waals surface area contributed by atoms with Gasteiger partial charge in [0.1, 0.15) is 11.8 Å². The first-order chi connectivity index (χ1) is 18.3. The first-order valence-corrected chi connectivity index (χ1v) is 14.9. The number of unbranched alkanes of at least 4 members (excludes halogenated alkanes) is 1. The van der Waals surface area contributed by atoms with Gasteiger partial charge in [0, 0.05) is 28.6 Å². The monoisotopic (exact) mass is 553 g/mol. The van der Waals surface area contributed by atoms with Crippen molar-refractivity contribution in [2.45, 2.75) is 44.2 Å². The number of para-hydroxylation sites is 1. The van der Waals surface area contributed by atoms with E-state index in [0.29, 0.717) is 41.9 Å². The third-order valence-electron chi connectivity index (χ3n) is 6.13. The Labute approximate surface area is 226 Å². The molecule has 2 N–H and O–H groups in total. The fourth-order valence-corrected chi connectivity index (χ4v) is 5.99. The average molecular weight is 554 g/mol. The SMILES string of the molecule is CCCCOc1ccccc1[C@@H](NS(=O)(=O)c1ccc2[nH]c(=O)ccc2c1)C(=O)N(CC)Cc1cccs1. The molecule has 1 amide bonds. The highest BCUT2D eigenvalue weighted by Crippen LogP contribution is 2.30. The van der Waals surface area contributed by atoms with Crippen LogP contribution >= 0.6 is 11.3 Å². The van der Waals surface area contributed by atoms with Crippen molar-refractivity contribution in [2.24, 2.45) is 0 Å². The zero-order chi connectivity index (χ0) is 27.1. The molecular formula is C28H31N3O5S2. The summed E-state index contributed by atoms with van der Waals surface area (Å²) in [6.45, 7) is 5.14. The predicted molar refractivity (Wildman–Crippen MR) is 150 cm³/mol. The van der Waals surface area contributed by atoms with E-state index < -0.39 is 16.1 Å². The van der Waals surface area contributed by atoms with E-state index in [4.69, 9.17) is 4.74 Å². The smallest absolute Gasteiger partial charge is 0.248 e. The summed E-state index contributed by atoms with van der Waals surface area (Å²) in [5.41, 5.74) is 0.695. The number of likely N-dealkylation sites (N-methyl/N-ethyl adjacent to an activating group) is 1. The van der Waals surface area contributed by atoms with Crippen LogP contribution in [0.4, 0.5) is 0 Å². The van der Waals surface area contributed by atoms with Gasteiger partial charge in [0.2, 0.25) is 21.5 Å². The number of carbonyl (C=O) groups is 1. The maximum absolute atomic E-state index is 14.0. The molecule has 2 aromatic carbocycles. The quantitative estimate of drug-likeness (QED) is 0.244. The molecule has 0 bridgehead atoms. The second kappa shape index (κ2) is 12.4. The summed E-state index contributed by atoms with van der Waals surface area (Å²) < 4.78 is 35.9. The second-order valence-corrected chi connectivity index (χ2v) is 11.5. The minimum atomic E-state index is -4.14. The molecule has 0 radical (unpaired) electrons. The molecule has 200 valence electrons. The number of aromatic amines is 1. The van der Waals surface area contributed by atoms with Crippen molar-refractivity contribution in [3.63, 3.8) is 0 Å². The van der Waals surface area contributed by atoms with E-state index in [2.05, 4.69) is 16.6 Å². The molecule has 4 aromatic rings. The molecule has 0 aliphatic rings.